The zero-order chi connectivity index (χ0) is 17.7. The molecule has 2 amide bonds. The van der Waals surface area contributed by atoms with Crippen LogP contribution in [0.4, 0.5) is 16.2 Å². The summed E-state index contributed by atoms with van der Waals surface area (Å²) in [7, 11) is 0. The number of rotatable bonds is 5. The molecule has 0 radical (unpaired) electrons. The summed E-state index contributed by atoms with van der Waals surface area (Å²) in [6.45, 7) is 5.10. The van der Waals surface area contributed by atoms with Gasteiger partial charge in [0.25, 0.3) is 0 Å². The molecule has 1 unspecified atom stereocenters. The van der Waals surface area contributed by atoms with Crippen molar-refractivity contribution in [2.75, 3.05) is 23.8 Å². The van der Waals surface area contributed by atoms with Crippen LogP contribution in [0.2, 0.25) is 0 Å². The molecule has 3 rings (SSSR count). The fourth-order valence-corrected chi connectivity index (χ4v) is 2.60. The highest BCUT2D eigenvalue weighted by atomic mass is 16.5. The van der Waals surface area contributed by atoms with Crippen LogP contribution >= 0.6 is 0 Å². The van der Waals surface area contributed by atoms with Crippen molar-refractivity contribution < 1.29 is 14.3 Å². The van der Waals surface area contributed by atoms with Crippen molar-refractivity contribution in [2.24, 2.45) is 0 Å². The Balaban J connectivity index is 1.66. The number of carbonyl (C=O) groups excluding carboxylic acids is 1. The van der Waals surface area contributed by atoms with Crippen LogP contribution in [-0.2, 0) is 4.74 Å². The normalized spacial score (nSPS) is 18.2. The molecule has 130 valence electrons. The van der Waals surface area contributed by atoms with Crippen LogP contribution in [-0.4, -0.2) is 24.8 Å². The van der Waals surface area contributed by atoms with Crippen LogP contribution in [0.15, 0.2) is 54.6 Å². The number of carbonyl (C=O) groups is 1. The molecule has 0 saturated carbocycles. The molecule has 2 aromatic carbocycles. The summed E-state index contributed by atoms with van der Waals surface area (Å²) in [6, 6.07) is 14.6. The zero-order valence-corrected chi connectivity index (χ0v) is 14.4. The summed E-state index contributed by atoms with van der Waals surface area (Å²) in [5.41, 5.74) is 1.90. The van der Waals surface area contributed by atoms with Crippen molar-refractivity contribution in [3.05, 3.63) is 60.2 Å². The lowest BCUT2D eigenvalue weighted by molar-refractivity contribution is 0.0188. The van der Waals surface area contributed by atoms with Gasteiger partial charge in [0.15, 0.2) is 0 Å². The first-order chi connectivity index (χ1) is 12.1. The van der Waals surface area contributed by atoms with E-state index in [1.807, 2.05) is 74.5 Å². The van der Waals surface area contributed by atoms with Gasteiger partial charge in [0.1, 0.15) is 11.4 Å². The summed E-state index contributed by atoms with van der Waals surface area (Å²) >= 11 is 0. The van der Waals surface area contributed by atoms with E-state index < -0.39 is 5.60 Å². The van der Waals surface area contributed by atoms with E-state index in [0.717, 1.165) is 17.0 Å². The van der Waals surface area contributed by atoms with Gasteiger partial charge in [-0.3, -0.25) is 0 Å². The first-order valence-electron chi connectivity index (χ1n) is 8.31. The maximum absolute atomic E-state index is 12.1. The molecule has 0 aromatic heterocycles. The average Bonchev–Trinajstić information content (AvgIpc) is 2.61. The maximum Gasteiger partial charge on any atom is 0.323 e. The molecule has 25 heavy (non-hydrogen) atoms. The number of urea groups is 1. The highest BCUT2D eigenvalue weighted by molar-refractivity contribution is 6.00. The summed E-state index contributed by atoms with van der Waals surface area (Å²) in [6.07, 6.45) is 3.98. The van der Waals surface area contributed by atoms with Crippen LogP contribution < -0.4 is 15.4 Å². The number of fused-ring (bicyclic) bond motifs is 1. The van der Waals surface area contributed by atoms with Gasteiger partial charge in [0.05, 0.1) is 6.61 Å². The van der Waals surface area contributed by atoms with Crippen molar-refractivity contribution >= 4 is 23.5 Å². The SMILES string of the molecule is CCOCC1(C)C=Cc2cc(NC(=O)Nc3ccccc3)ccc2O1. The molecule has 0 spiro atoms. The van der Waals surface area contributed by atoms with Crippen LogP contribution in [0.3, 0.4) is 0 Å². The third-order valence-corrected chi connectivity index (χ3v) is 3.85. The van der Waals surface area contributed by atoms with E-state index in [1.54, 1.807) is 0 Å². The predicted octanol–water partition coefficient (Wildman–Crippen LogP) is 4.53. The molecule has 2 N–H and O–H groups in total. The number of benzene rings is 2. The van der Waals surface area contributed by atoms with Gasteiger partial charge in [-0.15, -0.1) is 0 Å². The summed E-state index contributed by atoms with van der Waals surface area (Å²) in [5.74, 6) is 0.777. The maximum atomic E-state index is 12.1. The second kappa shape index (κ2) is 7.40. The molecule has 0 aliphatic carbocycles. The molecular formula is C20H22N2O3. The van der Waals surface area contributed by atoms with Crippen molar-refractivity contribution in [3.63, 3.8) is 0 Å². The van der Waals surface area contributed by atoms with E-state index >= 15 is 0 Å². The first-order valence-corrected chi connectivity index (χ1v) is 8.31. The number of amides is 2. The highest BCUT2D eigenvalue weighted by Gasteiger charge is 2.27. The Kier molecular flexibility index (Phi) is 5.05. The Bertz CT molecular complexity index is 774. The molecule has 0 saturated heterocycles. The van der Waals surface area contributed by atoms with Crippen LogP contribution in [0.5, 0.6) is 5.75 Å². The molecule has 1 aliphatic heterocycles. The van der Waals surface area contributed by atoms with E-state index in [1.165, 1.54) is 0 Å². The van der Waals surface area contributed by atoms with Gasteiger partial charge < -0.3 is 20.1 Å². The predicted molar refractivity (Wildman–Crippen MR) is 100 cm³/mol. The van der Waals surface area contributed by atoms with Crippen LogP contribution in [0.1, 0.15) is 19.4 Å². The lowest BCUT2D eigenvalue weighted by Crippen LogP contribution is -2.37. The number of hydrogen-bond donors (Lipinski definition) is 2. The number of hydrogen-bond acceptors (Lipinski definition) is 3. The number of ether oxygens (including phenoxy) is 2. The fraction of sp³-hybridized carbons (Fsp3) is 0.250. The van der Waals surface area contributed by atoms with Crippen molar-refractivity contribution in [3.8, 4) is 5.75 Å². The molecule has 1 aliphatic rings. The molecule has 1 atom stereocenters. The minimum Gasteiger partial charge on any atom is -0.480 e. The summed E-state index contributed by atoms with van der Waals surface area (Å²) in [5, 5.41) is 5.62. The Hall–Kier alpha value is -2.79. The average molecular weight is 338 g/mol. The zero-order valence-electron chi connectivity index (χ0n) is 14.4. The van der Waals surface area contributed by atoms with Gasteiger partial charge in [0.2, 0.25) is 0 Å². The molecule has 5 heteroatoms. The Morgan fingerprint density at radius 3 is 2.64 bits per heavy atom. The molecule has 5 nitrogen and oxygen atoms in total. The number of para-hydroxylation sites is 1. The lowest BCUT2D eigenvalue weighted by atomic mass is 10.0. The Morgan fingerprint density at radius 1 is 1.12 bits per heavy atom. The van der Waals surface area contributed by atoms with Crippen molar-refractivity contribution in [2.45, 2.75) is 19.4 Å². The highest BCUT2D eigenvalue weighted by Crippen LogP contribution is 2.33. The minimum atomic E-state index is -0.470. The quantitative estimate of drug-likeness (QED) is 0.842. The largest absolute Gasteiger partial charge is 0.480 e. The monoisotopic (exact) mass is 338 g/mol. The van der Waals surface area contributed by atoms with Gasteiger partial charge in [-0.2, -0.15) is 0 Å². The molecule has 0 bridgehead atoms. The molecule has 2 aromatic rings. The van der Waals surface area contributed by atoms with Gasteiger partial charge in [-0.25, -0.2) is 4.79 Å². The number of nitrogens with one attached hydrogen (secondary N) is 2. The Labute approximate surface area is 147 Å². The summed E-state index contributed by atoms with van der Waals surface area (Å²) in [4.78, 5) is 12.1. The van der Waals surface area contributed by atoms with Crippen LogP contribution in [0, 0.1) is 0 Å². The third-order valence-electron chi connectivity index (χ3n) is 3.85. The third kappa shape index (κ3) is 4.39. The fourth-order valence-electron chi connectivity index (χ4n) is 2.60. The lowest BCUT2D eigenvalue weighted by Gasteiger charge is -2.31. The van der Waals surface area contributed by atoms with Crippen molar-refractivity contribution in [1.29, 1.82) is 0 Å². The smallest absolute Gasteiger partial charge is 0.323 e. The van der Waals surface area contributed by atoms with Crippen LogP contribution in [0.25, 0.3) is 6.08 Å². The molecular weight excluding hydrogens is 316 g/mol. The van der Waals surface area contributed by atoms with Gasteiger partial charge in [-0.1, -0.05) is 24.3 Å². The standard InChI is InChI=1S/C20H22N2O3/c1-3-24-14-20(2)12-11-15-13-17(9-10-18(15)25-20)22-19(23)21-16-7-5-4-6-8-16/h4-13H,3,14H2,1-2H3,(H2,21,22,23). The van der Waals surface area contributed by atoms with Crippen molar-refractivity contribution in [1.82, 2.24) is 0 Å². The topological polar surface area (TPSA) is 59.6 Å². The second-order valence-electron chi connectivity index (χ2n) is 6.08. The summed E-state index contributed by atoms with van der Waals surface area (Å²) < 4.78 is 11.5. The van der Waals surface area contributed by atoms with E-state index in [4.69, 9.17) is 9.47 Å². The molecule has 1 heterocycles. The van der Waals surface area contributed by atoms with E-state index in [-0.39, 0.29) is 6.03 Å². The van der Waals surface area contributed by atoms with Gasteiger partial charge in [-0.05, 0) is 50.3 Å². The first kappa shape index (κ1) is 17.0. The van der Waals surface area contributed by atoms with Gasteiger partial charge >= 0.3 is 6.03 Å². The number of anilines is 2. The van der Waals surface area contributed by atoms with E-state index in [9.17, 15) is 4.79 Å². The van der Waals surface area contributed by atoms with Gasteiger partial charge in [0, 0.05) is 23.5 Å². The minimum absolute atomic E-state index is 0.284. The van der Waals surface area contributed by atoms with E-state index in [2.05, 4.69) is 10.6 Å². The second-order valence-corrected chi connectivity index (χ2v) is 6.08. The molecule has 0 fully saturated rings. The van der Waals surface area contributed by atoms with E-state index in [0.29, 0.717) is 18.9 Å². The Morgan fingerprint density at radius 2 is 1.88 bits per heavy atom.